The highest BCUT2D eigenvalue weighted by Crippen LogP contribution is 2.29. The van der Waals surface area contributed by atoms with Gasteiger partial charge in [-0.2, -0.15) is 5.10 Å². The van der Waals surface area contributed by atoms with E-state index in [-0.39, 0.29) is 24.2 Å². The molecule has 0 aliphatic carbocycles. The average Bonchev–Trinajstić information content (AvgIpc) is 3.04. The number of carbonyl (C=O) groups excluding carboxylic acids is 1. The summed E-state index contributed by atoms with van der Waals surface area (Å²) in [5.74, 6) is -2.78. The van der Waals surface area contributed by atoms with Crippen LogP contribution in [-0.4, -0.2) is 52.6 Å². The fourth-order valence-corrected chi connectivity index (χ4v) is 3.18. The molecule has 22 heavy (non-hydrogen) atoms. The van der Waals surface area contributed by atoms with E-state index < -0.39 is 24.9 Å². The normalized spacial score (nSPS) is 27.5. The van der Waals surface area contributed by atoms with Crippen LogP contribution in [0, 0.1) is 6.92 Å². The Hall–Kier alpha value is -1.21. The predicted molar refractivity (Wildman–Crippen MR) is 80.5 cm³/mol. The van der Waals surface area contributed by atoms with Gasteiger partial charge in [0.05, 0.1) is 18.3 Å². The van der Waals surface area contributed by atoms with Crippen LogP contribution in [0.1, 0.15) is 36.6 Å². The van der Waals surface area contributed by atoms with E-state index in [4.69, 9.17) is 0 Å². The minimum Gasteiger partial charge on any atom is -0.341 e. The molecule has 0 radical (unpaired) electrons. The molecular weight excluding hydrogens is 314 g/mol. The summed E-state index contributed by atoms with van der Waals surface area (Å²) in [4.78, 5) is 14.1. The Morgan fingerprint density at radius 3 is 2.86 bits per heavy atom. The number of rotatable bonds is 2. The average molecular weight is 335 g/mol. The van der Waals surface area contributed by atoms with Crippen LogP contribution in [0.5, 0.6) is 0 Å². The molecule has 2 unspecified atom stereocenters. The number of aromatic nitrogens is 2. The third-order valence-electron chi connectivity index (χ3n) is 4.29. The maximum Gasteiger partial charge on any atom is 0.262 e. The van der Waals surface area contributed by atoms with Crippen molar-refractivity contribution in [2.75, 3.05) is 19.6 Å². The number of nitrogens with zero attached hydrogens (tertiary/aromatic N) is 2. The maximum atomic E-state index is 13.2. The summed E-state index contributed by atoms with van der Waals surface area (Å²) in [5.41, 5.74) is 1.94. The van der Waals surface area contributed by atoms with Gasteiger partial charge in [0.25, 0.3) is 5.92 Å². The van der Waals surface area contributed by atoms with Gasteiger partial charge < -0.3 is 4.90 Å². The first-order chi connectivity index (χ1) is 9.94. The van der Waals surface area contributed by atoms with Gasteiger partial charge in [-0.25, -0.2) is 8.78 Å². The highest BCUT2D eigenvalue weighted by molar-refractivity contribution is 5.85. The van der Waals surface area contributed by atoms with Gasteiger partial charge in [-0.15, -0.1) is 12.4 Å². The smallest absolute Gasteiger partial charge is 0.262 e. The van der Waals surface area contributed by atoms with E-state index >= 15 is 0 Å². The lowest BCUT2D eigenvalue weighted by atomic mass is 9.94. The van der Waals surface area contributed by atoms with Crippen LogP contribution >= 0.6 is 12.4 Å². The molecule has 3 rings (SSSR count). The number of aryl methyl sites for hydroxylation is 1. The monoisotopic (exact) mass is 334 g/mol. The molecule has 2 aliphatic rings. The Morgan fingerprint density at radius 1 is 1.50 bits per heavy atom. The maximum absolute atomic E-state index is 13.2. The molecule has 124 valence electrons. The largest absolute Gasteiger partial charge is 0.341 e. The van der Waals surface area contributed by atoms with E-state index in [9.17, 15) is 13.6 Å². The van der Waals surface area contributed by atoms with Crippen molar-refractivity contribution in [2.24, 2.45) is 0 Å². The second-order valence-corrected chi connectivity index (χ2v) is 6.09. The van der Waals surface area contributed by atoms with Crippen LogP contribution in [0.4, 0.5) is 8.78 Å². The molecule has 2 N–H and O–H groups in total. The topological polar surface area (TPSA) is 61.0 Å². The molecule has 1 amide bonds. The van der Waals surface area contributed by atoms with Gasteiger partial charge in [0.15, 0.2) is 0 Å². The quantitative estimate of drug-likeness (QED) is 0.867. The Labute approximate surface area is 134 Å². The summed E-state index contributed by atoms with van der Waals surface area (Å²) in [6, 6.07) is 1.24. The van der Waals surface area contributed by atoms with Crippen molar-refractivity contribution in [3.8, 4) is 0 Å². The zero-order valence-electron chi connectivity index (χ0n) is 12.4. The number of aromatic amines is 1. The summed E-state index contributed by atoms with van der Waals surface area (Å²) in [6.07, 6.45) is 1.46. The van der Waals surface area contributed by atoms with Crippen molar-refractivity contribution < 1.29 is 13.6 Å². The van der Waals surface area contributed by atoms with E-state index in [0.717, 1.165) is 24.2 Å². The second-order valence-electron chi connectivity index (χ2n) is 6.09. The molecule has 0 saturated carbocycles. The third kappa shape index (κ3) is 3.57. The summed E-state index contributed by atoms with van der Waals surface area (Å²) in [5, 5.41) is 9.81. The van der Waals surface area contributed by atoms with Crippen molar-refractivity contribution in [3.63, 3.8) is 0 Å². The number of halogens is 3. The Kier molecular flexibility index (Phi) is 5.07. The number of hydrogen-bond acceptors (Lipinski definition) is 3. The number of H-pyrrole nitrogens is 1. The number of amides is 1. The number of nitrogens with one attached hydrogen (secondary N) is 2. The van der Waals surface area contributed by atoms with Gasteiger partial charge in [-0.1, -0.05) is 0 Å². The molecule has 1 aromatic heterocycles. The number of alkyl halides is 2. The molecule has 2 fully saturated rings. The van der Waals surface area contributed by atoms with E-state index in [1.165, 1.54) is 0 Å². The molecule has 3 heterocycles. The standard InChI is InChI=1S/C14H20F2N4O.ClH/c1-9-5-11(19-18-9)10-3-2-4-20(7-10)13(21)12-6-14(15,16)8-17-12;/h5,10,12,17H,2-4,6-8H2,1H3,(H,18,19);1H. The lowest BCUT2D eigenvalue weighted by Crippen LogP contribution is -2.47. The Morgan fingerprint density at radius 2 is 2.27 bits per heavy atom. The zero-order valence-corrected chi connectivity index (χ0v) is 13.3. The van der Waals surface area contributed by atoms with Crippen LogP contribution in [0.25, 0.3) is 0 Å². The third-order valence-corrected chi connectivity index (χ3v) is 4.29. The molecule has 5 nitrogen and oxygen atoms in total. The second kappa shape index (κ2) is 6.50. The zero-order chi connectivity index (χ0) is 15.0. The summed E-state index contributed by atoms with van der Waals surface area (Å²) >= 11 is 0. The number of carbonyl (C=O) groups is 1. The molecule has 8 heteroatoms. The Bertz CT molecular complexity index is 537. The number of hydrogen-bond donors (Lipinski definition) is 2. The van der Waals surface area contributed by atoms with E-state index in [2.05, 4.69) is 15.5 Å². The summed E-state index contributed by atoms with van der Waals surface area (Å²) < 4.78 is 26.4. The van der Waals surface area contributed by atoms with Crippen molar-refractivity contribution >= 4 is 18.3 Å². The van der Waals surface area contributed by atoms with Gasteiger partial charge in [0.2, 0.25) is 5.91 Å². The minimum absolute atomic E-state index is 0. The highest BCUT2D eigenvalue weighted by atomic mass is 35.5. The lowest BCUT2D eigenvalue weighted by Gasteiger charge is -2.33. The molecule has 0 bridgehead atoms. The highest BCUT2D eigenvalue weighted by Gasteiger charge is 2.44. The molecular formula is C14H21ClF2N4O. The van der Waals surface area contributed by atoms with Crippen LogP contribution in [0.2, 0.25) is 0 Å². The number of likely N-dealkylation sites (tertiary alicyclic amines) is 1. The lowest BCUT2D eigenvalue weighted by molar-refractivity contribution is -0.135. The van der Waals surface area contributed by atoms with Crippen molar-refractivity contribution in [1.82, 2.24) is 20.4 Å². The van der Waals surface area contributed by atoms with Crippen LogP contribution < -0.4 is 5.32 Å². The Balaban J connectivity index is 0.00000176. The van der Waals surface area contributed by atoms with Gasteiger partial charge in [0, 0.05) is 31.1 Å². The number of piperidine rings is 1. The fourth-order valence-electron chi connectivity index (χ4n) is 3.18. The SMILES string of the molecule is Cc1cc(C2CCCN(C(=O)C3CC(F)(F)CN3)C2)n[nH]1.Cl. The van der Waals surface area contributed by atoms with Crippen molar-refractivity contribution in [2.45, 2.75) is 44.1 Å². The van der Waals surface area contributed by atoms with Gasteiger partial charge in [-0.05, 0) is 25.8 Å². The van der Waals surface area contributed by atoms with E-state index in [1.54, 1.807) is 4.90 Å². The van der Waals surface area contributed by atoms with Crippen molar-refractivity contribution in [3.05, 3.63) is 17.5 Å². The van der Waals surface area contributed by atoms with Crippen molar-refractivity contribution in [1.29, 1.82) is 0 Å². The summed E-state index contributed by atoms with van der Waals surface area (Å²) in [6.45, 7) is 2.74. The molecule has 1 aromatic rings. The first-order valence-electron chi connectivity index (χ1n) is 7.36. The molecule has 0 spiro atoms. The van der Waals surface area contributed by atoms with Gasteiger partial charge in [-0.3, -0.25) is 15.2 Å². The fraction of sp³-hybridized carbons (Fsp3) is 0.714. The van der Waals surface area contributed by atoms with Crippen LogP contribution in [0.15, 0.2) is 6.07 Å². The van der Waals surface area contributed by atoms with E-state index in [1.807, 2.05) is 13.0 Å². The van der Waals surface area contributed by atoms with Crippen LogP contribution in [-0.2, 0) is 4.79 Å². The predicted octanol–water partition coefficient (Wildman–Crippen LogP) is 1.84. The molecule has 2 atom stereocenters. The summed E-state index contributed by atoms with van der Waals surface area (Å²) in [7, 11) is 0. The van der Waals surface area contributed by atoms with Crippen LogP contribution in [0.3, 0.4) is 0 Å². The molecule has 2 aliphatic heterocycles. The van der Waals surface area contributed by atoms with Gasteiger partial charge >= 0.3 is 0 Å². The minimum atomic E-state index is -2.77. The first kappa shape index (κ1) is 17.1. The van der Waals surface area contributed by atoms with Gasteiger partial charge in [0.1, 0.15) is 0 Å². The van der Waals surface area contributed by atoms with E-state index in [0.29, 0.717) is 13.1 Å². The molecule has 2 saturated heterocycles. The first-order valence-corrected chi connectivity index (χ1v) is 7.36. The molecule has 0 aromatic carbocycles.